The summed E-state index contributed by atoms with van der Waals surface area (Å²) in [6.45, 7) is 0. The van der Waals surface area contributed by atoms with Crippen LogP contribution in [0.5, 0.6) is 0 Å². The van der Waals surface area contributed by atoms with E-state index < -0.39 is 0 Å². The van der Waals surface area contributed by atoms with Gasteiger partial charge >= 0.3 is 0 Å². The molecule has 116 valence electrons. The highest BCUT2D eigenvalue weighted by atomic mass is 35.5. The van der Waals surface area contributed by atoms with E-state index in [4.69, 9.17) is 16.6 Å². The second-order valence-electron chi connectivity index (χ2n) is 5.60. The van der Waals surface area contributed by atoms with Gasteiger partial charge in [0.1, 0.15) is 5.38 Å². The van der Waals surface area contributed by atoms with Gasteiger partial charge in [0, 0.05) is 0 Å². The van der Waals surface area contributed by atoms with Crippen molar-refractivity contribution in [1.82, 2.24) is 9.97 Å². The number of hydrogen-bond acceptors (Lipinski definition) is 2. The molecule has 3 heteroatoms. The Morgan fingerprint density at radius 2 is 1.38 bits per heavy atom. The van der Waals surface area contributed by atoms with E-state index in [1.807, 2.05) is 54.6 Å². The molecule has 0 aliphatic heterocycles. The summed E-state index contributed by atoms with van der Waals surface area (Å²) in [5, 5.41) is -0.349. The molecule has 3 aromatic carbocycles. The molecular formula is C21H15ClN2. The third-order valence-corrected chi connectivity index (χ3v) is 4.50. The normalized spacial score (nSPS) is 12.2. The average molecular weight is 331 g/mol. The lowest BCUT2D eigenvalue weighted by atomic mass is 9.96. The van der Waals surface area contributed by atoms with Gasteiger partial charge in [-0.05, 0) is 28.8 Å². The molecule has 0 saturated carbocycles. The minimum absolute atomic E-state index is 0.349. The Morgan fingerprint density at radius 1 is 0.708 bits per heavy atom. The monoisotopic (exact) mass is 330 g/mol. The largest absolute Gasteiger partial charge is 0.253 e. The number of nitrogens with zero attached hydrogens (tertiary/aromatic N) is 2. The SMILES string of the molecule is ClC(c1cnc2ccccc2n1)c1ccccc1-c1ccccc1. The first-order chi connectivity index (χ1) is 11.8. The van der Waals surface area contributed by atoms with Crippen LogP contribution in [0.3, 0.4) is 0 Å². The van der Waals surface area contributed by atoms with Crippen molar-refractivity contribution in [2.24, 2.45) is 0 Å². The Balaban J connectivity index is 1.80. The van der Waals surface area contributed by atoms with Crippen LogP contribution in [0.4, 0.5) is 0 Å². The average Bonchev–Trinajstić information content (AvgIpc) is 2.68. The van der Waals surface area contributed by atoms with Crippen LogP contribution in [-0.4, -0.2) is 9.97 Å². The minimum atomic E-state index is -0.349. The van der Waals surface area contributed by atoms with E-state index in [1.165, 1.54) is 0 Å². The fraction of sp³-hybridized carbons (Fsp3) is 0.0476. The van der Waals surface area contributed by atoms with Crippen molar-refractivity contribution in [1.29, 1.82) is 0 Å². The van der Waals surface area contributed by atoms with Crippen molar-refractivity contribution < 1.29 is 0 Å². The fourth-order valence-electron chi connectivity index (χ4n) is 2.85. The molecule has 4 aromatic rings. The fourth-order valence-corrected chi connectivity index (χ4v) is 3.15. The maximum absolute atomic E-state index is 6.78. The molecule has 0 spiro atoms. The minimum Gasteiger partial charge on any atom is -0.253 e. The van der Waals surface area contributed by atoms with E-state index in [-0.39, 0.29) is 5.38 Å². The number of rotatable bonds is 3. The van der Waals surface area contributed by atoms with Crippen molar-refractivity contribution in [3.8, 4) is 11.1 Å². The zero-order valence-corrected chi connectivity index (χ0v) is 13.7. The van der Waals surface area contributed by atoms with Gasteiger partial charge in [-0.3, -0.25) is 4.98 Å². The van der Waals surface area contributed by atoms with Crippen LogP contribution in [0.2, 0.25) is 0 Å². The summed E-state index contributed by atoms with van der Waals surface area (Å²) in [4.78, 5) is 9.18. The molecule has 0 aliphatic rings. The number of para-hydroxylation sites is 2. The van der Waals surface area contributed by atoms with Gasteiger partial charge in [-0.15, -0.1) is 11.6 Å². The molecule has 0 fully saturated rings. The van der Waals surface area contributed by atoms with Gasteiger partial charge in [0.15, 0.2) is 0 Å². The predicted molar refractivity (Wildman–Crippen MR) is 99.1 cm³/mol. The number of alkyl halides is 1. The number of fused-ring (bicyclic) bond motifs is 1. The maximum Gasteiger partial charge on any atom is 0.103 e. The van der Waals surface area contributed by atoms with Gasteiger partial charge in [0.25, 0.3) is 0 Å². The molecule has 0 N–H and O–H groups in total. The van der Waals surface area contributed by atoms with Gasteiger partial charge in [0.2, 0.25) is 0 Å². The second kappa shape index (κ2) is 6.42. The zero-order chi connectivity index (χ0) is 16.4. The van der Waals surface area contributed by atoms with Crippen LogP contribution in [0.25, 0.3) is 22.2 Å². The standard InChI is InChI=1S/C21H15ClN2/c22-21(20-14-23-18-12-6-7-13-19(18)24-20)17-11-5-4-10-16(17)15-8-2-1-3-9-15/h1-14,21H. The van der Waals surface area contributed by atoms with E-state index in [0.717, 1.165) is 33.4 Å². The molecule has 0 saturated heterocycles. The molecule has 0 bridgehead atoms. The van der Waals surface area contributed by atoms with Crippen LogP contribution >= 0.6 is 11.6 Å². The molecule has 1 unspecified atom stereocenters. The predicted octanol–water partition coefficient (Wildman–Crippen LogP) is 5.63. The van der Waals surface area contributed by atoms with E-state index in [1.54, 1.807) is 6.20 Å². The molecular weight excluding hydrogens is 316 g/mol. The first kappa shape index (κ1) is 14.9. The molecule has 2 nitrogen and oxygen atoms in total. The second-order valence-corrected chi connectivity index (χ2v) is 6.04. The summed E-state index contributed by atoms with van der Waals surface area (Å²) < 4.78 is 0. The number of benzene rings is 3. The summed E-state index contributed by atoms with van der Waals surface area (Å²) in [6.07, 6.45) is 1.77. The van der Waals surface area contributed by atoms with E-state index in [9.17, 15) is 0 Å². The summed E-state index contributed by atoms with van der Waals surface area (Å²) in [5.41, 5.74) is 5.80. The smallest absolute Gasteiger partial charge is 0.103 e. The first-order valence-electron chi connectivity index (χ1n) is 7.83. The summed E-state index contributed by atoms with van der Waals surface area (Å²) in [5.74, 6) is 0. The highest BCUT2D eigenvalue weighted by molar-refractivity contribution is 6.23. The Labute approximate surface area is 145 Å². The lowest BCUT2D eigenvalue weighted by Crippen LogP contribution is -2.00. The topological polar surface area (TPSA) is 25.8 Å². The maximum atomic E-state index is 6.78. The third kappa shape index (κ3) is 2.77. The van der Waals surface area contributed by atoms with Crippen molar-refractivity contribution in [2.45, 2.75) is 5.38 Å². The molecule has 1 heterocycles. The zero-order valence-electron chi connectivity index (χ0n) is 12.9. The van der Waals surface area contributed by atoms with Crippen LogP contribution in [0.15, 0.2) is 85.1 Å². The number of hydrogen-bond donors (Lipinski definition) is 0. The molecule has 1 aromatic heterocycles. The van der Waals surface area contributed by atoms with E-state index >= 15 is 0 Å². The van der Waals surface area contributed by atoms with Gasteiger partial charge in [-0.1, -0.05) is 66.7 Å². The van der Waals surface area contributed by atoms with Crippen molar-refractivity contribution in [3.05, 3.63) is 96.3 Å². The summed E-state index contributed by atoms with van der Waals surface area (Å²) in [7, 11) is 0. The van der Waals surface area contributed by atoms with E-state index in [2.05, 4.69) is 29.2 Å². The number of halogens is 1. The number of aromatic nitrogens is 2. The highest BCUT2D eigenvalue weighted by Gasteiger charge is 2.17. The molecule has 0 aliphatic carbocycles. The van der Waals surface area contributed by atoms with Crippen LogP contribution in [-0.2, 0) is 0 Å². The quantitative estimate of drug-likeness (QED) is 0.455. The van der Waals surface area contributed by atoms with Gasteiger partial charge in [0.05, 0.1) is 22.9 Å². The Morgan fingerprint density at radius 3 is 2.21 bits per heavy atom. The Kier molecular flexibility index (Phi) is 3.97. The van der Waals surface area contributed by atoms with Crippen molar-refractivity contribution in [2.75, 3.05) is 0 Å². The Hall–Kier alpha value is -2.71. The lowest BCUT2D eigenvalue weighted by Gasteiger charge is -2.15. The molecule has 0 amide bonds. The van der Waals surface area contributed by atoms with Crippen molar-refractivity contribution >= 4 is 22.6 Å². The molecule has 4 rings (SSSR count). The highest BCUT2D eigenvalue weighted by Crippen LogP contribution is 2.35. The van der Waals surface area contributed by atoms with Gasteiger partial charge in [-0.25, -0.2) is 4.98 Å². The van der Waals surface area contributed by atoms with Crippen LogP contribution < -0.4 is 0 Å². The van der Waals surface area contributed by atoms with Gasteiger partial charge < -0.3 is 0 Å². The molecule has 1 atom stereocenters. The summed E-state index contributed by atoms with van der Waals surface area (Å²) >= 11 is 6.78. The van der Waals surface area contributed by atoms with Crippen LogP contribution in [0.1, 0.15) is 16.6 Å². The third-order valence-electron chi connectivity index (χ3n) is 4.05. The van der Waals surface area contributed by atoms with Crippen molar-refractivity contribution in [3.63, 3.8) is 0 Å². The molecule has 0 radical (unpaired) electrons. The van der Waals surface area contributed by atoms with E-state index in [0.29, 0.717) is 0 Å². The Bertz CT molecular complexity index is 983. The summed E-state index contributed by atoms with van der Waals surface area (Å²) in [6, 6.07) is 26.3. The van der Waals surface area contributed by atoms with Crippen LogP contribution in [0, 0.1) is 0 Å². The lowest BCUT2D eigenvalue weighted by molar-refractivity contribution is 1.04. The molecule has 24 heavy (non-hydrogen) atoms. The van der Waals surface area contributed by atoms with Gasteiger partial charge in [-0.2, -0.15) is 0 Å². The first-order valence-corrected chi connectivity index (χ1v) is 8.27.